The van der Waals surface area contributed by atoms with E-state index in [1.165, 1.54) is 0 Å². The van der Waals surface area contributed by atoms with Crippen molar-refractivity contribution in [2.45, 2.75) is 32.9 Å². The first kappa shape index (κ1) is 20.3. The van der Waals surface area contributed by atoms with Gasteiger partial charge in [0.05, 0.1) is 0 Å². The van der Waals surface area contributed by atoms with Gasteiger partial charge in [0, 0.05) is 24.7 Å². The predicted octanol–water partition coefficient (Wildman–Crippen LogP) is 3.89. The lowest BCUT2D eigenvalue weighted by molar-refractivity contribution is 0.0533. The molecule has 1 aliphatic rings. The molecule has 0 spiro atoms. The highest BCUT2D eigenvalue weighted by Crippen LogP contribution is 2.28. The summed E-state index contributed by atoms with van der Waals surface area (Å²) in [6.07, 6.45) is 0.849. The van der Waals surface area contributed by atoms with Crippen LogP contribution in [0.2, 0.25) is 0 Å². The molecule has 4 nitrogen and oxygen atoms in total. The highest BCUT2D eigenvalue weighted by molar-refractivity contribution is 5.94. The van der Waals surface area contributed by atoms with E-state index in [1.807, 2.05) is 59.5 Å². The van der Waals surface area contributed by atoms with Crippen LogP contribution < -0.4 is 10.5 Å². The summed E-state index contributed by atoms with van der Waals surface area (Å²) in [4.78, 5) is 14.7. The Morgan fingerprint density at radius 2 is 1.81 bits per heavy atom. The second-order valence-corrected chi connectivity index (χ2v) is 7.41. The standard InChI is InChI=1S/C21H26N2O2.ClH/c1-21(2)15-23(13-12-19(21)22)20(24)17-10-8-16(9-11-17)14-25-18-6-4-3-5-7-18;/h3-11,19H,12-15,22H2,1-2H3;1H. The van der Waals surface area contributed by atoms with Gasteiger partial charge < -0.3 is 15.4 Å². The number of nitrogens with two attached hydrogens (primary N) is 1. The molecule has 0 saturated carbocycles. The zero-order valence-corrected chi connectivity index (χ0v) is 16.2. The molecule has 1 amide bonds. The summed E-state index contributed by atoms with van der Waals surface area (Å²) < 4.78 is 5.74. The first-order valence-corrected chi connectivity index (χ1v) is 8.77. The Morgan fingerprint density at radius 3 is 2.42 bits per heavy atom. The molecule has 2 N–H and O–H groups in total. The van der Waals surface area contributed by atoms with Crippen LogP contribution in [0.15, 0.2) is 54.6 Å². The van der Waals surface area contributed by atoms with Gasteiger partial charge in [-0.2, -0.15) is 0 Å². The largest absolute Gasteiger partial charge is 0.489 e. The third-order valence-corrected chi connectivity index (χ3v) is 4.95. The summed E-state index contributed by atoms with van der Waals surface area (Å²) in [6.45, 7) is 6.17. The number of piperidine rings is 1. The Balaban J connectivity index is 0.00000243. The third kappa shape index (κ3) is 4.77. The van der Waals surface area contributed by atoms with E-state index in [9.17, 15) is 4.79 Å². The number of likely N-dealkylation sites (tertiary alicyclic amines) is 1. The number of hydrogen-bond donors (Lipinski definition) is 1. The summed E-state index contributed by atoms with van der Waals surface area (Å²) in [5.41, 5.74) is 7.88. The Labute approximate surface area is 161 Å². The van der Waals surface area contributed by atoms with Crippen molar-refractivity contribution in [3.8, 4) is 5.75 Å². The van der Waals surface area contributed by atoms with Crippen LogP contribution in [0.25, 0.3) is 0 Å². The van der Waals surface area contributed by atoms with E-state index in [2.05, 4.69) is 13.8 Å². The number of benzene rings is 2. The molecule has 2 aromatic carbocycles. The molecule has 0 bridgehead atoms. The van der Waals surface area contributed by atoms with Gasteiger partial charge in [-0.15, -0.1) is 12.4 Å². The molecule has 1 heterocycles. The first-order chi connectivity index (χ1) is 12.0. The quantitative estimate of drug-likeness (QED) is 0.883. The predicted molar refractivity (Wildman–Crippen MR) is 107 cm³/mol. The summed E-state index contributed by atoms with van der Waals surface area (Å²) in [5, 5.41) is 0. The van der Waals surface area contributed by atoms with Crippen LogP contribution in [0.5, 0.6) is 5.75 Å². The molecular formula is C21H27ClN2O2. The zero-order valence-electron chi connectivity index (χ0n) is 15.4. The van der Waals surface area contributed by atoms with Crippen LogP contribution in [0, 0.1) is 5.41 Å². The van der Waals surface area contributed by atoms with Crippen molar-refractivity contribution in [1.29, 1.82) is 0 Å². The van der Waals surface area contributed by atoms with Gasteiger partial charge in [0.1, 0.15) is 12.4 Å². The molecule has 140 valence electrons. The second kappa shape index (κ2) is 8.56. The van der Waals surface area contributed by atoms with Crippen LogP contribution in [-0.2, 0) is 6.61 Å². The molecule has 26 heavy (non-hydrogen) atoms. The molecule has 0 radical (unpaired) electrons. The number of halogens is 1. The minimum atomic E-state index is -0.0443. The maximum Gasteiger partial charge on any atom is 0.253 e. The molecule has 1 fully saturated rings. The van der Waals surface area contributed by atoms with E-state index in [0.717, 1.165) is 29.8 Å². The van der Waals surface area contributed by atoms with E-state index in [-0.39, 0.29) is 29.8 Å². The van der Waals surface area contributed by atoms with E-state index < -0.39 is 0 Å². The highest BCUT2D eigenvalue weighted by atomic mass is 35.5. The van der Waals surface area contributed by atoms with Crippen LogP contribution >= 0.6 is 12.4 Å². The molecule has 5 heteroatoms. The van der Waals surface area contributed by atoms with Crippen molar-refractivity contribution in [2.75, 3.05) is 13.1 Å². The zero-order chi connectivity index (χ0) is 17.9. The van der Waals surface area contributed by atoms with Gasteiger partial charge in [-0.1, -0.05) is 44.2 Å². The normalized spacial score (nSPS) is 18.7. The van der Waals surface area contributed by atoms with E-state index in [4.69, 9.17) is 10.5 Å². The molecule has 0 aromatic heterocycles. The lowest BCUT2D eigenvalue weighted by Crippen LogP contribution is -2.53. The fourth-order valence-electron chi connectivity index (χ4n) is 3.16. The summed E-state index contributed by atoms with van der Waals surface area (Å²) in [5.74, 6) is 0.921. The average molecular weight is 375 g/mol. The lowest BCUT2D eigenvalue weighted by Gasteiger charge is -2.42. The Bertz CT molecular complexity index is 717. The average Bonchev–Trinajstić information content (AvgIpc) is 2.63. The van der Waals surface area contributed by atoms with Gasteiger partial charge in [0.2, 0.25) is 0 Å². The molecule has 1 unspecified atom stereocenters. The molecule has 1 saturated heterocycles. The van der Waals surface area contributed by atoms with Crippen molar-refractivity contribution in [3.63, 3.8) is 0 Å². The van der Waals surface area contributed by atoms with Crippen LogP contribution in [0.3, 0.4) is 0 Å². The fourth-order valence-corrected chi connectivity index (χ4v) is 3.16. The van der Waals surface area contributed by atoms with E-state index in [1.54, 1.807) is 0 Å². The number of amides is 1. The Kier molecular flexibility index (Phi) is 6.68. The molecule has 3 rings (SSSR count). The van der Waals surface area contributed by atoms with Gasteiger partial charge in [-0.3, -0.25) is 4.79 Å². The number of rotatable bonds is 4. The SMILES string of the molecule is CC1(C)CN(C(=O)c2ccc(COc3ccccc3)cc2)CCC1N.Cl. The smallest absolute Gasteiger partial charge is 0.253 e. The van der Waals surface area contributed by atoms with E-state index in [0.29, 0.717) is 13.2 Å². The maximum absolute atomic E-state index is 12.7. The van der Waals surface area contributed by atoms with Gasteiger partial charge in [-0.25, -0.2) is 0 Å². The van der Waals surface area contributed by atoms with Crippen LogP contribution in [0.4, 0.5) is 0 Å². The molecule has 1 atom stereocenters. The molecular weight excluding hydrogens is 348 g/mol. The van der Waals surface area contributed by atoms with Crippen LogP contribution in [-0.4, -0.2) is 29.9 Å². The lowest BCUT2D eigenvalue weighted by atomic mass is 9.79. The fraction of sp³-hybridized carbons (Fsp3) is 0.381. The number of ether oxygens (including phenoxy) is 1. The topological polar surface area (TPSA) is 55.6 Å². The molecule has 0 aliphatic carbocycles. The minimum absolute atomic E-state index is 0. The second-order valence-electron chi connectivity index (χ2n) is 7.41. The number of carbonyl (C=O) groups is 1. The van der Waals surface area contributed by atoms with Crippen LogP contribution in [0.1, 0.15) is 36.2 Å². The third-order valence-electron chi connectivity index (χ3n) is 4.95. The van der Waals surface area contributed by atoms with Gasteiger partial charge >= 0.3 is 0 Å². The van der Waals surface area contributed by atoms with Gasteiger partial charge in [-0.05, 0) is 41.7 Å². The first-order valence-electron chi connectivity index (χ1n) is 8.77. The number of hydrogen-bond acceptors (Lipinski definition) is 3. The monoisotopic (exact) mass is 374 g/mol. The minimum Gasteiger partial charge on any atom is -0.489 e. The Morgan fingerprint density at radius 1 is 1.15 bits per heavy atom. The maximum atomic E-state index is 12.7. The Hall–Kier alpha value is -2.04. The summed E-state index contributed by atoms with van der Waals surface area (Å²) in [6, 6.07) is 17.5. The molecule has 1 aliphatic heterocycles. The van der Waals surface area contributed by atoms with E-state index >= 15 is 0 Å². The van der Waals surface area contributed by atoms with Gasteiger partial charge in [0.25, 0.3) is 5.91 Å². The van der Waals surface area contributed by atoms with Crippen molar-refractivity contribution >= 4 is 18.3 Å². The molecule has 2 aromatic rings. The summed E-state index contributed by atoms with van der Waals surface area (Å²) >= 11 is 0. The van der Waals surface area contributed by atoms with Crippen molar-refractivity contribution in [1.82, 2.24) is 4.90 Å². The summed E-state index contributed by atoms with van der Waals surface area (Å²) in [7, 11) is 0. The van der Waals surface area contributed by atoms with Crippen molar-refractivity contribution in [2.24, 2.45) is 11.1 Å². The van der Waals surface area contributed by atoms with Gasteiger partial charge in [0.15, 0.2) is 0 Å². The van der Waals surface area contributed by atoms with Crippen molar-refractivity contribution in [3.05, 3.63) is 65.7 Å². The number of nitrogens with zero attached hydrogens (tertiary/aromatic N) is 1. The van der Waals surface area contributed by atoms with Crippen molar-refractivity contribution < 1.29 is 9.53 Å². The highest BCUT2D eigenvalue weighted by Gasteiger charge is 2.35. The number of carbonyl (C=O) groups excluding carboxylic acids is 1. The number of para-hydroxylation sites is 1.